The number of hydrogen-bond donors (Lipinski definition) is 2. The fraction of sp³-hybridized carbons (Fsp3) is 0.579. The number of ether oxygens (including phenoxy) is 2. The SMILES string of the molecule is CN1CCC(C(=O)Nc2cc3c(cc2N2CCOCC2)O[C@@](C)(CO)C3)=N1. The number of benzene rings is 1. The van der Waals surface area contributed by atoms with Crippen molar-refractivity contribution < 1.29 is 19.4 Å². The van der Waals surface area contributed by atoms with Crippen LogP contribution in [0.5, 0.6) is 5.75 Å². The number of hydrazone groups is 1. The lowest BCUT2D eigenvalue weighted by Crippen LogP contribution is -2.37. The van der Waals surface area contributed by atoms with Gasteiger partial charge >= 0.3 is 0 Å². The lowest BCUT2D eigenvalue weighted by molar-refractivity contribution is -0.110. The van der Waals surface area contributed by atoms with Crippen LogP contribution in [0.3, 0.4) is 0 Å². The number of nitrogens with zero attached hydrogens (tertiary/aromatic N) is 3. The molecule has 1 saturated heterocycles. The van der Waals surface area contributed by atoms with E-state index in [-0.39, 0.29) is 12.5 Å². The van der Waals surface area contributed by atoms with Crippen LogP contribution >= 0.6 is 0 Å². The highest BCUT2D eigenvalue weighted by Gasteiger charge is 2.36. The zero-order valence-corrected chi connectivity index (χ0v) is 15.8. The van der Waals surface area contributed by atoms with Crippen LogP contribution in [0.1, 0.15) is 18.9 Å². The van der Waals surface area contributed by atoms with Gasteiger partial charge in [-0.25, -0.2) is 0 Å². The Labute approximate surface area is 158 Å². The molecule has 0 radical (unpaired) electrons. The minimum absolute atomic E-state index is 0.0562. The molecule has 0 spiro atoms. The number of nitrogens with one attached hydrogen (secondary N) is 1. The summed E-state index contributed by atoms with van der Waals surface area (Å²) in [4.78, 5) is 14.9. The number of carbonyl (C=O) groups excluding carboxylic acids is 1. The highest BCUT2D eigenvalue weighted by Crippen LogP contribution is 2.41. The van der Waals surface area contributed by atoms with Gasteiger partial charge in [0.05, 0.1) is 31.2 Å². The number of fused-ring (bicyclic) bond motifs is 1. The Bertz CT molecular complexity index is 775. The summed E-state index contributed by atoms with van der Waals surface area (Å²) in [7, 11) is 1.86. The van der Waals surface area contributed by atoms with Crippen LogP contribution in [-0.2, 0) is 16.0 Å². The predicted molar refractivity (Wildman–Crippen MR) is 103 cm³/mol. The second-order valence-corrected chi connectivity index (χ2v) is 7.60. The standard InChI is InChI=1S/C19H26N4O4/c1-19(12-24)11-13-9-15(20-18(25)14-3-4-22(2)21-14)16(10-17(13)27-19)23-5-7-26-8-6-23/h9-10,24H,3-8,11-12H2,1-2H3,(H,20,25)/t19-/m1/s1. The van der Waals surface area contributed by atoms with Crippen molar-refractivity contribution in [2.24, 2.45) is 5.10 Å². The number of morpholine rings is 1. The molecule has 4 rings (SSSR count). The van der Waals surface area contributed by atoms with Crippen LogP contribution in [0.2, 0.25) is 0 Å². The number of hydrogen-bond acceptors (Lipinski definition) is 7. The molecule has 3 aliphatic rings. The molecule has 8 heteroatoms. The third kappa shape index (κ3) is 3.59. The third-order valence-corrected chi connectivity index (χ3v) is 5.26. The molecule has 2 N–H and O–H groups in total. The van der Waals surface area contributed by atoms with Crippen LogP contribution in [0.25, 0.3) is 0 Å². The second-order valence-electron chi connectivity index (χ2n) is 7.60. The maximum absolute atomic E-state index is 12.7. The predicted octanol–water partition coefficient (Wildman–Crippen LogP) is 0.839. The summed E-state index contributed by atoms with van der Waals surface area (Å²) in [5.74, 6) is 0.599. The number of aliphatic hydroxyl groups is 1. The Kier molecular flexibility index (Phi) is 4.69. The molecule has 3 aliphatic heterocycles. The molecule has 3 heterocycles. The lowest BCUT2D eigenvalue weighted by atomic mass is 9.99. The van der Waals surface area contributed by atoms with Gasteiger partial charge in [-0.15, -0.1) is 0 Å². The first-order valence-corrected chi connectivity index (χ1v) is 9.37. The van der Waals surface area contributed by atoms with Crippen molar-refractivity contribution in [3.63, 3.8) is 0 Å². The average molecular weight is 374 g/mol. The van der Waals surface area contributed by atoms with Gasteiger partial charge in [0, 0.05) is 51.2 Å². The largest absolute Gasteiger partial charge is 0.484 e. The Hall–Kier alpha value is -2.32. The lowest BCUT2D eigenvalue weighted by Gasteiger charge is -2.31. The van der Waals surface area contributed by atoms with Gasteiger partial charge in [-0.3, -0.25) is 9.80 Å². The number of amides is 1. The minimum Gasteiger partial charge on any atom is -0.484 e. The van der Waals surface area contributed by atoms with E-state index in [1.165, 1.54) is 0 Å². The van der Waals surface area contributed by atoms with E-state index < -0.39 is 5.60 Å². The molecule has 1 aromatic rings. The Morgan fingerprint density at radius 3 is 2.78 bits per heavy atom. The number of carbonyl (C=O) groups is 1. The normalized spacial score (nSPS) is 24.5. The van der Waals surface area contributed by atoms with Gasteiger partial charge in [0.2, 0.25) is 0 Å². The van der Waals surface area contributed by atoms with E-state index in [1.54, 1.807) is 5.01 Å². The summed E-state index contributed by atoms with van der Waals surface area (Å²) in [5.41, 5.74) is 2.58. The van der Waals surface area contributed by atoms with Crippen molar-refractivity contribution >= 4 is 23.0 Å². The maximum atomic E-state index is 12.7. The molecule has 0 aliphatic carbocycles. The van der Waals surface area contributed by atoms with Crippen LogP contribution < -0.4 is 15.0 Å². The summed E-state index contributed by atoms with van der Waals surface area (Å²) in [5, 5.41) is 18.8. The van der Waals surface area contributed by atoms with E-state index in [0.29, 0.717) is 31.8 Å². The van der Waals surface area contributed by atoms with Gasteiger partial charge in [0.25, 0.3) is 5.91 Å². The Morgan fingerprint density at radius 1 is 1.33 bits per heavy atom. The van der Waals surface area contributed by atoms with Gasteiger partial charge in [-0.2, -0.15) is 5.10 Å². The van der Waals surface area contributed by atoms with Gasteiger partial charge in [0.1, 0.15) is 17.1 Å². The zero-order chi connectivity index (χ0) is 19.0. The van der Waals surface area contributed by atoms with Crippen LogP contribution in [0, 0.1) is 0 Å². The molecule has 0 saturated carbocycles. The first-order valence-electron chi connectivity index (χ1n) is 9.37. The Balaban J connectivity index is 1.65. The zero-order valence-electron chi connectivity index (χ0n) is 15.8. The smallest absolute Gasteiger partial charge is 0.271 e. The summed E-state index contributed by atoms with van der Waals surface area (Å²) in [6, 6.07) is 3.94. The Morgan fingerprint density at radius 2 is 2.11 bits per heavy atom. The summed E-state index contributed by atoms with van der Waals surface area (Å²) in [6.45, 7) is 5.40. The quantitative estimate of drug-likeness (QED) is 0.812. The molecule has 1 aromatic carbocycles. The molecule has 146 valence electrons. The number of aliphatic hydroxyl groups excluding tert-OH is 1. The van der Waals surface area contributed by atoms with E-state index in [0.717, 1.165) is 42.3 Å². The maximum Gasteiger partial charge on any atom is 0.271 e. The van der Waals surface area contributed by atoms with Crippen molar-refractivity contribution in [1.82, 2.24) is 5.01 Å². The van der Waals surface area contributed by atoms with E-state index in [9.17, 15) is 9.90 Å². The van der Waals surface area contributed by atoms with E-state index in [4.69, 9.17) is 9.47 Å². The van der Waals surface area contributed by atoms with E-state index in [2.05, 4.69) is 15.3 Å². The summed E-state index contributed by atoms with van der Waals surface area (Å²) >= 11 is 0. The molecule has 1 fully saturated rings. The van der Waals surface area contributed by atoms with Gasteiger partial charge in [-0.1, -0.05) is 0 Å². The molecule has 27 heavy (non-hydrogen) atoms. The summed E-state index contributed by atoms with van der Waals surface area (Å²) in [6.07, 6.45) is 1.25. The number of rotatable bonds is 4. The van der Waals surface area contributed by atoms with Crippen LogP contribution in [0.4, 0.5) is 11.4 Å². The van der Waals surface area contributed by atoms with Gasteiger partial charge in [0.15, 0.2) is 0 Å². The van der Waals surface area contributed by atoms with Gasteiger partial charge in [-0.05, 0) is 13.0 Å². The van der Waals surface area contributed by atoms with E-state index in [1.807, 2.05) is 26.1 Å². The fourth-order valence-corrected chi connectivity index (χ4v) is 3.73. The van der Waals surface area contributed by atoms with Crippen molar-refractivity contribution in [3.8, 4) is 5.75 Å². The average Bonchev–Trinajstić information content (AvgIpc) is 3.24. The molecular formula is C19H26N4O4. The monoisotopic (exact) mass is 374 g/mol. The fourth-order valence-electron chi connectivity index (χ4n) is 3.73. The topological polar surface area (TPSA) is 86.6 Å². The second kappa shape index (κ2) is 7.01. The van der Waals surface area contributed by atoms with E-state index >= 15 is 0 Å². The first-order chi connectivity index (χ1) is 13.0. The molecule has 0 aromatic heterocycles. The number of anilines is 2. The highest BCUT2D eigenvalue weighted by molar-refractivity contribution is 6.43. The first kappa shape index (κ1) is 18.1. The molecular weight excluding hydrogens is 348 g/mol. The minimum atomic E-state index is -0.620. The molecule has 1 amide bonds. The highest BCUT2D eigenvalue weighted by atomic mass is 16.5. The van der Waals surface area contributed by atoms with Gasteiger partial charge < -0.3 is 24.8 Å². The third-order valence-electron chi connectivity index (χ3n) is 5.26. The van der Waals surface area contributed by atoms with Crippen molar-refractivity contribution in [2.75, 3.05) is 56.7 Å². The molecule has 0 unspecified atom stereocenters. The van der Waals surface area contributed by atoms with Crippen molar-refractivity contribution in [3.05, 3.63) is 17.7 Å². The van der Waals surface area contributed by atoms with Crippen molar-refractivity contribution in [2.45, 2.75) is 25.4 Å². The summed E-state index contributed by atoms with van der Waals surface area (Å²) < 4.78 is 11.5. The molecule has 1 atom stereocenters. The van der Waals surface area contributed by atoms with Crippen LogP contribution in [-0.4, -0.2) is 73.8 Å². The van der Waals surface area contributed by atoms with Crippen LogP contribution in [0.15, 0.2) is 17.2 Å². The molecule has 0 bridgehead atoms. The molecule has 8 nitrogen and oxygen atoms in total. The van der Waals surface area contributed by atoms with Crippen molar-refractivity contribution in [1.29, 1.82) is 0 Å².